The molecule has 28 heavy (non-hydrogen) atoms. The zero-order valence-electron chi connectivity index (χ0n) is 15.2. The van der Waals surface area contributed by atoms with E-state index in [0.717, 1.165) is 11.1 Å². The molecule has 0 aliphatic carbocycles. The van der Waals surface area contributed by atoms with Crippen LogP contribution in [-0.4, -0.2) is 7.11 Å². The summed E-state index contributed by atoms with van der Waals surface area (Å²) in [7, 11) is 1.55. The first-order chi connectivity index (χ1) is 13.6. The number of hydrogen-bond acceptors (Lipinski definition) is 3. The number of ether oxygens (including phenoxy) is 2. The summed E-state index contributed by atoms with van der Waals surface area (Å²) >= 11 is 5.89. The van der Waals surface area contributed by atoms with Gasteiger partial charge in [-0.1, -0.05) is 41.9 Å². The molecule has 140 valence electrons. The zero-order chi connectivity index (χ0) is 19.9. The molecular formula is C23H17ClFNO2. The van der Waals surface area contributed by atoms with Crippen molar-refractivity contribution < 1.29 is 13.9 Å². The predicted molar refractivity (Wildman–Crippen MR) is 109 cm³/mol. The van der Waals surface area contributed by atoms with Crippen LogP contribution in [0.1, 0.15) is 16.7 Å². The lowest BCUT2D eigenvalue weighted by Crippen LogP contribution is -1.98. The van der Waals surface area contributed by atoms with Crippen LogP contribution in [0.15, 0.2) is 66.7 Å². The topological polar surface area (TPSA) is 42.2 Å². The second-order valence-corrected chi connectivity index (χ2v) is 6.44. The van der Waals surface area contributed by atoms with E-state index in [4.69, 9.17) is 21.1 Å². The van der Waals surface area contributed by atoms with Gasteiger partial charge in [0.15, 0.2) is 11.5 Å². The van der Waals surface area contributed by atoms with Crippen LogP contribution in [0.25, 0.3) is 11.6 Å². The van der Waals surface area contributed by atoms with Gasteiger partial charge in [0.2, 0.25) is 0 Å². The highest BCUT2D eigenvalue weighted by atomic mass is 35.5. The van der Waals surface area contributed by atoms with E-state index in [1.165, 1.54) is 12.1 Å². The molecule has 3 aromatic carbocycles. The van der Waals surface area contributed by atoms with E-state index in [2.05, 4.69) is 6.07 Å². The van der Waals surface area contributed by atoms with Crippen LogP contribution in [-0.2, 0) is 6.61 Å². The van der Waals surface area contributed by atoms with E-state index in [1.807, 2.05) is 18.2 Å². The number of nitrogens with zero attached hydrogens (tertiary/aromatic N) is 1. The molecule has 0 bridgehead atoms. The lowest BCUT2D eigenvalue weighted by atomic mass is 10.0. The van der Waals surface area contributed by atoms with Gasteiger partial charge in [0, 0.05) is 5.02 Å². The van der Waals surface area contributed by atoms with E-state index in [9.17, 15) is 9.65 Å². The van der Waals surface area contributed by atoms with Crippen molar-refractivity contribution in [1.82, 2.24) is 0 Å². The van der Waals surface area contributed by atoms with Gasteiger partial charge in [-0.2, -0.15) is 5.26 Å². The molecule has 0 fully saturated rings. The summed E-state index contributed by atoms with van der Waals surface area (Å²) in [6.07, 6.45) is 1.68. The minimum atomic E-state index is -0.387. The minimum absolute atomic E-state index is 0.358. The first-order valence-electron chi connectivity index (χ1n) is 8.52. The van der Waals surface area contributed by atoms with Crippen LogP contribution in [0, 0.1) is 17.1 Å². The molecule has 0 atom stereocenters. The summed E-state index contributed by atoms with van der Waals surface area (Å²) in [6.45, 7) is 0.370. The molecule has 0 radical (unpaired) electrons. The van der Waals surface area contributed by atoms with Crippen LogP contribution < -0.4 is 9.47 Å². The van der Waals surface area contributed by atoms with Crippen LogP contribution in [0.5, 0.6) is 11.5 Å². The number of nitriles is 1. The van der Waals surface area contributed by atoms with Crippen molar-refractivity contribution in [2.75, 3.05) is 7.11 Å². The fraction of sp³-hybridized carbons (Fsp3) is 0.0870. The maximum Gasteiger partial charge on any atom is 0.161 e. The lowest BCUT2D eigenvalue weighted by molar-refractivity contribution is 0.284. The smallest absolute Gasteiger partial charge is 0.161 e. The van der Waals surface area contributed by atoms with Gasteiger partial charge in [-0.15, -0.1) is 0 Å². The zero-order valence-corrected chi connectivity index (χ0v) is 15.9. The normalized spacial score (nSPS) is 11.0. The highest BCUT2D eigenvalue weighted by molar-refractivity contribution is 6.30. The molecule has 0 heterocycles. The number of allylic oxidation sites excluding steroid dienone is 1. The first kappa shape index (κ1) is 19.5. The number of halogens is 2. The molecule has 0 amide bonds. The monoisotopic (exact) mass is 393 g/mol. The number of rotatable bonds is 6. The Morgan fingerprint density at radius 2 is 1.86 bits per heavy atom. The SMILES string of the molecule is COc1cc(/C=C(/C#N)c2cccc(F)c2)ccc1OCc1ccc(Cl)cc1. The van der Waals surface area contributed by atoms with Crippen molar-refractivity contribution in [2.45, 2.75) is 6.61 Å². The van der Waals surface area contributed by atoms with Crippen molar-refractivity contribution in [3.63, 3.8) is 0 Å². The number of methoxy groups -OCH3 is 1. The molecule has 0 aliphatic heterocycles. The van der Waals surface area contributed by atoms with E-state index in [-0.39, 0.29) is 5.82 Å². The van der Waals surface area contributed by atoms with Crippen molar-refractivity contribution in [3.8, 4) is 17.6 Å². The van der Waals surface area contributed by atoms with Gasteiger partial charge in [-0.25, -0.2) is 4.39 Å². The highest BCUT2D eigenvalue weighted by Crippen LogP contribution is 2.30. The Hall–Kier alpha value is -3.29. The largest absolute Gasteiger partial charge is 0.493 e. The molecule has 3 aromatic rings. The average Bonchev–Trinajstić information content (AvgIpc) is 2.72. The standard InChI is InChI=1S/C23H17ClFNO2/c1-27-23-12-17(11-19(14-26)18-3-2-4-21(25)13-18)7-10-22(23)28-15-16-5-8-20(24)9-6-16/h2-13H,15H2,1H3/b19-11-. The predicted octanol–water partition coefficient (Wildman–Crippen LogP) is 6.13. The number of hydrogen-bond donors (Lipinski definition) is 0. The Morgan fingerprint density at radius 1 is 1.07 bits per heavy atom. The Balaban J connectivity index is 1.82. The second kappa shape index (κ2) is 9.07. The van der Waals surface area contributed by atoms with Gasteiger partial charge in [0.25, 0.3) is 0 Å². The fourth-order valence-electron chi connectivity index (χ4n) is 2.64. The molecule has 3 nitrogen and oxygen atoms in total. The minimum Gasteiger partial charge on any atom is -0.493 e. The molecule has 0 saturated carbocycles. The van der Waals surface area contributed by atoms with Crippen molar-refractivity contribution in [3.05, 3.63) is 94.3 Å². The molecule has 0 unspecified atom stereocenters. The average molecular weight is 394 g/mol. The van der Waals surface area contributed by atoms with E-state index in [0.29, 0.717) is 34.3 Å². The molecule has 0 N–H and O–H groups in total. The molecule has 0 aliphatic rings. The van der Waals surface area contributed by atoms with E-state index in [1.54, 1.807) is 49.6 Å². The number of benzene rings is 3. The Bertz CT molecular complexity index is 1040. The third kappa shape index (κ3) is 4.91. The van der Waals surface area contributed by atoms with Gasteiger partial charge in [-0.05, 0) is 59.2 Å². The van der Waals surface area contributed by atoms with Gasteiger partial charge in [-0.3, -0.25) is 0 Å². The molecule has 5 heteroatoms. The Labute approximate surface area is 168 Å². The van der Waals surface area contributed by atoms with E-state index < -0.39 is 0 Å². The van der Waals surface area contributed by atoms with Gasteiger partial charge in [0.05, 0.1) is 18.8 Å². The fourth-order valence-corrected chi connectivity index (χ4v) is 2.76. The maximum atomic E-state index is 13.4. The third-order valence-corrected chi connectivity index (χ3v) is 4.31. The Morgan fingerprint density at radius 3 is 2.54 bits per heavy atom. The molecule has 3 rings (SSSR count). The maximum absolute atomic E-state index is 13.4. The van der Waals surface area contributed by atoms with Gasteiger partial charge >= 0.3 is 0 Å². The Kier molecular flexibility index (Phi) is 6.31. The molecule has 0 aromatic heterocycles. The quantitative estimate of drug-likeness (QED) is 0.373. The second-order valence-electron chi connectivity index (χ2n) is 6.01. The summed E-state index contributed by atoms with van der Waals surface area (Å²) in [4.78, 5) is 0. The first-order valence-corrected chi connectivity index (χ1v) is 8.90. The summed E-state index contributed by atoms with van der Waals surface area (Å²) in [5, 5.41) is 10.1. The van der Waals surface area contributed by atoms with Crippen LogP contribution in [0.4, 0.5) is 4.39 Å². The van der Waals surface area contributed by atoms with Crippen molar-refractivity contribution >= 4 is 23.3 Å². The van der Waals surface area contributed by atoms with Crippen molar-refractivity contribution in [1.29, 1.82) is 5.26 Å². The summed E-state index contributed by atoms with van der Waals surface area (Å²) < 4.78 is 24.7. The summed E-state index contributed by atoms with van der Waals surface area (Å²) in [6, 6.07) is 20.8. The summed E-state index contributed by atoms with van der Waals surface area (Å²) in [5.74, 6) is 0.736. The highest BCUT2D eigenvalue weighted by Gasteiger charge is 2.08. The van der Waals surface area contributed by atoms with Crippen LogP contribution in [0.3, 0.4) is 0 Å². The van der Waals surface area contributed by atoms with Gasteiger partial charge < -0.3 is 9.47 Å². The van der Waals surface area contributed by atoms with Gasteiger partial charge in [0.1, 0.15) is 12.4 Å². The lowest BCUT2D eigenvalue weighted by Gasteiger charge is -2.12. The molecule has 0 saturated heterocycles. The third-order valence-electron chi connectivity index (χ3n) is 4.06. The van der Waals surface area contributed by atoms with Crippen LogP contribution in [0.2, 0.25) is 5.02 Å². The summed E-state index contributed by atoms with van der Waals surface area (Å²) in [5.41, 5.74) is 2.60. The molecular weight excluding hydrogens is 377 g/mol. The van der Waals surface area contributed by atoms with Crippen molar-refractivity contribution in [2.24, 2.45) is 0 Å². The van der Waals surface area contributed by atoms with E-state index >= 15 is 0 Å². The van der Waals surface area contributed by atoms with Crippen LogP contribution >= 0.6 is 11.6 Å². The molecule has 0 spiro atoms.